The number of nitrogens with zero attached hydrogens (tertiary/aromatic N) is 3. The number of hydrogen-bond donors (Lipinski definition) is 1. The number of carbonyl (C=O) groups excluding carboxylic acids is 1. The van der Waals surface area contributed by atoms with Gasteiger partial charge < -0.3 is 10.2 Å². The highest BCUT2D eigenvalue weighted by Crippen LogP contribution is 2.25. The number of rotatable bonds is 3. The largest absolute Gasteiger partial charge is 0.334 e. The Balaban J connectivity index is 1.72. The van der Waals surface area contributed by atoms with Crippen molar-refractivity contribution in [1.82, 2.24) is 20.0 Å². The number of amides is 2. The molecule has 2 heterocycles. The molecule has 0 fully saturated rings. The van der Waals surface area contributed by atoms with Crippen LogP contribution in [0.2, 0.25) is 0 Å². The van der Waals surface area contributed by atoms with E-state index in [0.29, 0.717) is 13.1 Å². The van der Waals surface area contributed by atoms with E-state index >= 15 is 0 Å². The number of fused-ring (bicyclic) bond motifs is 1. The lowest BCUT2D eigenvalue weighted by atomic mass is 9.93. The molecule has 1 unspecified atom stereocenters. The summed E-state index contributed by atoms with van der Waals surface area (Å²) in [6.45, 7) is 7.38. The highest BCUT2D eigenvalue weighted by molar-refractivity contribution is 5.75. The fraction of sp³-hybridized carbons (Fsp3) is 0.474. The minimum Gasteiger partial charge on any atom is -0.334 e. The van der Waals surface area contributed by atoms with Crippen LogP contribution in [0.1, 0.15) is 41.4 Å². The SMILES string of the molecule is CCC1Cc2ccccc2CN1C(=O)NCc1c(C)nn(C)c1C. The molecule has 0 radical (unpaired) electrons. The average Bonchev–Trinajstić information content (AvgIpc) is 2.83. The van der Waals surface area contributed by atoms with Crippen LogP contribution in [0.25, 0.3) is 0 Å². The predicted octanol–water partition coefficient (Wildman–Crippen LogP) is 3.08. The van der Waals surface area contributed by atoms with Gasteiger partial charge in [-0.2, -0.15) is 5.10 Å². The van der Waals surface area contributed by atoms with E-state index in [1.807, 2.05) is 36.5 Å². The van der Waals surface area contributed by atoms with E-state index in [0.717, 1.165) is 29.8 Å². The highest BCUT2D eigenvalue weighted by atomic mass is 16.2. The summed E-state index contributed by atoms with van der Waals surface area (Å²) in [7, 11) is 1.93. The summed E-state index contributed by atoms with van der Waals surface area (Å²) in [5, 5.41) is 7.51. The van der Waals surface area contributed by atoms with Crippen molar-refractivity contribution in [2.45, 2.75) is 52.7 Å². The second-order valence-electron chi connectivity index (χ2n) is 6.59. The lowest BCUT2D eigenvalue weighted by Gasteiger charge is -2.36. The van der Waals surface area contributed by atoms with Crippen LogP contribution in [0.5, 0.6) is 0 Å². The molecule has 1 aromatic heterocycles. The standard InChI is InChI=1S/C19H26N4O/c1-5-17-10-15-8-6-7-9-16(15)12-23(17)19(24)20-11-18-13(2)21-22(4)14(18)3/h6-9,17H,5,10-12H2,1-4H3,(H,20,24). The summed E-state index contributed by atoms with van der Waals surface area (Å²) in [5.74, 6) is 0. The van der Waals surface area contributed by atoms with Crippen LogP contribution in [0.15, 0.2) is 24.3 Å². The molecule has 1 aromatic carbocycles. The van der Waals surface area contributed by atoms with Gasteiger partial charge in [-0.05, 0) is 37.8 Å². The van der Waals surface area contributed by atoms with Gasteiger partial charge in [0.15, 0.2) is 0 Å². The molecule has 1 atom stereocenters. The number of benzene rings is 1. The molecule has 2 aromatic rings. The molecule has 5 nitrogen and oxygen atoms in total. The van der Waals surface area contributed by atoms with Gasteiger partial charge in [-0.3, -0.25) is 4.68 Å². The maximum Gasteiger partial charge on any atom is 0.318 e. The zero-order valence-electron chi connectivity index (χ0n) is 15.0. The lowest BCUT2D eigenvalue weighted by molar-refractivity contribution is 0.160. The summed E-state index contributed by atoms with van der Waals surface area (Å²) >= 11 is 0. The van der Waals surface area contributed by atoms with Crippen LogP contribution in [0, 0.1) is 13.8 Å². The molecule has 3 rings (SSSR count). The van der Waals surface area contributed by atoms with Crippen molar-refractivity contribution in [1.29, 1.82) is 0 Å². The van der Waals surface area contributed by atoms with E-state index in [2.05, 4.69) is 35.5 Å². The first kappa shape index (κ1) is 16.6. The Morgan fingerprint density at radius 2 is 2.00 bits per heavy atom. The molecule has 1 N–H and O–H groups in total. The molecule has 128 valence electrons. The average molecular weight is 326 g/mol. The minimum absolute atomic E-state index is 0.0130. The van der Waals surface area contributed by atoms with Crippen LogP contribution in [-0.2, 0) is 26.6 Å². The molecule has 0 saturated carbocycles. The van der Waals surface area contributed by atoms with Gasteiger partial charge in [0.2, 0.25) is 0 Å². The topological polar surface area (TPSA) is 50.2 Å². The van der Waals surface area contributed by atoms with E-state index in [9.17, 15) is 4.79 Å². The van der Waals surface area contributed by atoms with Crippen LogP contribution in [0.4, 0.5) is 4.79 Å². The molecule has 24 heavy (non-hydrogen) atoms. The van der Waals surface area contributed by atoms with Gasteiger partial charge in [-0.1, -0.05) is 31.2 Å². The number of hydrogen-bond acceptors (Lipinski definition) is 2. The Kier molecular flexibility index (Phi) is 4.60. The van der Waals surface area contributed by atoms with Gasteiger partial charge in [0.05, 0.1) is 5.69 Å². The second kappa shape index (κ2) is 6.67. The number of aromatic nitrogens is 2. The highest BCUT2D eigenvalue weighted by Gasteiger charge is 2.28. The first-order chi connectivity index (χ1) is 11.5. The number of carbonyl (C=O) groups is 1. The maximum absolute atomic E-state index is 12.8. The lowest BCUT2D eigenvalue weighted by Crippen LogP contribution is -2.48. The van der Waals surface area contributed by atoms with Crippen molar-refractivity contribution in [2.75, 3.05) is 0 Å². The molecule has 0 bridgehead atoms. The summed E-state index contributed by atoms with van der Waals surface area (Å²) in [6, 6.07) is 8.70. The fourth-order valence-electron chi connectivity index (χ4n) is 3.53. The number of urea groups is 1. The van der Waals surface area contributed by atoms with Gasteiger partial charge in [-0.15, -0.1) is 0 Å². The van der Waals surface area contributed by atoms with E-state index in [4.69, 9.17) is 0 Å². The van der Waals surface area contributed by atoms with Crippen molar-refractivity contribution in [3.05, 3.63) is 52.3 Å². The Bertz CT molecular complexity index is 750. The van der Waals surface area contributed by atoms with E-state index in [-0.39, 0.29) is 12.1 Å². The molecule has 1 aliphatic heterocycles. The molecular weight excluding hydrogens is 300 g/mol. The molecule has 0 aliphatic carbocycles. The summed E-state index contributed by atoms with van der Waals surface area (Å²) in [4.78, 5) is 14.7. The van der Waals surface area contributed by atoms with Crippen molar-refractivity contribution in [2.24, 2.45) is 7.05 Å². The molecule has 2 amide bonds. The zero-order chi connectivity index (χ0) is 17.3. The van der Waals surface area contributed by atoms with Crippen LogP contribution in [0.3, 0.4) is 0 Å². The molecule has 0 spiro atoms. The zero-order valence-corrected chi connectivity index (χ0v) is 15.0. The molecule has 0 saturated heterocycles. The molecular formula is C19H26N4O. The van der Waals surface area contributed by atoms with Crippen LogP contribution >= 0.6 is 0 Å². The number of aryl methyl sites for hydroxylation is 2. The quantitative estimate of drug-likeness (QED) is 0.942. The third-order valence-electron chi connectivity index (χ3n) is 5.16. The normalized spacial score (nSPS) is 16.8. The third-order valence-corrected chi connectivity index (χ3v) is 5.16. The van der Waals surface area contributed by atoms with E-state index in [1.54, 1.807) is 0 Å². The monoisotopic (exact) mass is 326 g/mol. The van der Waals surface area contributed by atoms with E-state index < -0.39 is 0 Å². The smallest absolute Gasteiger partial charge is 0.318 e. The van der Waals surface area contributed by atoms with Gasteiger partial charge in [0, 0.05) is 37.4 Å². The third kappa shape index (κ3) is 3.03. The first-order valence-corrected chi connectivity index (χ1v) is 8.61. The number of nitrogens with one attached hydrogen (secondary N) is 1. The van der Waals surface area contributed by atoms with Crippen LogP contribution in [-0.4, -0.2) is 26.8 Å². The van der Waals surface area contributed by atoms with Gasteiger partial charge >= 0.3 is 6.03 Å². The van der Waals surface area contributed by atoms with Crippen LogP contribution < -0.4 is 5.32 Å². The van der Waals surface area contributed by atoms with Gasteiger partial charge in [-0.25, -0.2) is 4.79 Å². The van der Waals surface area contributed by atoms with Crippen molar-refractivity contribution in [3.63, 3.8) is 0 Å². The maximum atomic E-state index is 12.8. The fourth-order valence-corrected chi connectivity index (χ4v) is 3.53. The van der Waals surface area contributed by atoms with Crippen molar-refractivity contribution >= 4 is 6.03 Å². The minimum atomic E-state index is 0.0130. The second-order valence-corrected chi connectivity index (χ2v) is 6.59. The summed E-state index contributed by atoms with van der Waals surface area (Å²) < 4.78 is 1.86. The summed E-state index contributed by atoms with van der Waals surface area (Å²) in [5.41, 5.74) is 5.81. The van der Waals surface area contributed by atoms with Gasteiger partial charge in [0.1, 0.15) is 0 Å². The predicted molar refractivity (Wildman–Crippen MR) is 94.7 cm³/mol. The molecule has 1 aliphatic rings. The Hall–Kier alpha value is -2.30. The Morgan fingerprint density at radius 3 is 2.62 bits per heavy atom. The van der Waals surface area contributed by atoms with Gasteiger partial charge in [0.25, 0.3) is 0 Å². The van der Waals surface area contributed by atoms with Crippen molar-refractivity contribution < 1.29 is 4.79 Å². The summed E-state index contributed by atoms with van der Waals surface area (Å²) in [6.07, 6.45) is 1.90. The van der Waals surface area contributed by atoms with Crippen molar-refractivity contribution in [3.8, 4) is 0 Å². The Morgan fingerprint density at radius 1 is 1.29 bits per heavy atom. The Labute approximate surface area is 143 Å². The van der Waals surface area contributed by atoms with E-state index in [1.165, 1.54) is 11.1 Å². The molecule has 5 heteroatoms. The first-order valence-electron chi connectivity index (χ1n) is 8.61.